The Morgan fingerprint density at radius 2 is 1.79 bits per heavy atom. The summed E-state index contributed by atoms with van der Waals surface area (Å²) >= 11 is 3.73. The third-order valence-corrected chi connectivity index (χ3v) is 5.20. The van der Waals surface area contributed by atoms with Crippen LogP contribution < -0.4 is 0 Å². The van der Waals surface area contributed by atoms with Gasteiger partial charge in [-0.3, -0.25) is 0 Å². The first-order chi connectivity index (χ1) is 6.85. The van der Waals surface area contributed by atoms with Crippen LogP contribution in [-0.2, 0) is 4.74 Å². The molecule has 2 rings (SSSR count). The maximum absolute atomic E-state index is 5.42. The van der Waals surface area contributed by atoms with Gasteiger partial charge in [-0.05, 0) is 43.4 Å². The van der Waals surface area contributed by atoms with E-state index in [-0.39, 0.29) is 0 Å². The molecule has 2 heteroatoms. The fraction of sp³-hybridized carbons (Fsp3) is 1.00. The summed E-state index contributed by atoms with van der Waals surface area (Å²) in [6.07, 6.45) is 9.86. The molecule has 2 fully saturated rings. The Bertz CT molecular complexity index is 169. The molecule has 0 N–H and O–H groups in total. The molecule has 0 unspecified atom stereocenters. The van der Waals surface area contributed by atoms with Gasteiger partial charge in [-0.2, -0.15) is 0 Å². The standard InChI is InChI=1S/C12H21BrO/c13-10-12(5-1-2-6-12)9-11-3-7-14-8-4-11/h11H,1-10H2. The highest BCUT2D eigenvalue weighted by Crippen LogP contribution is 2.45. The second kappa shape index (κ2) is 4.98. The summed E-state index contributed by atoms with van der Waals surface area (Å²) in [5.74, 6) is 0.944. The van der Waals surface area contributed by atoms with Crippen LogP contribution in [0.2, 0.25) is 0 Å². The highest BCUT2D eigenvalue weighted by atomic mass is 79.9. The molecule has 0 spiro atoms. The van der Waals surface area contributed by atoms with E-state index in [2.05, 4.69) is 15.9 Å². The van der Waals surface area contributed by atoms with Crippen molar-refractivity contribution in [3.63, 3.8) is 0 Å². The molecular formula is C12H21BrO. The number of halogens is 1. The summed E-state index contributed by atoms with van der Waals surface area (Å²) in [4.78, 5) is 0. The quantitative estimate of drug-likeness (QED) is 0.703. The van der Waals surface area contributed by atoms with E-state index in [1.54, 1.807) is 0 Å². The molecule has 1 aliphatic carbocycles. The zero-order valence-electron chi connectivity index (χ0n) is 8.93. The normalized spacial score (nSPS) is 28.1. The van der Waals surface area contributed by atoms with Crippen LogP contribution in [-0.4, -0.2) is 18.5 Å². The first-order valence-corrected chi connectivity index (χ1v) is 7.11. The van der Waals surface area contributed by atoms with Crippen LogP contribution in [0.5, 0.6) is 0 Å². The van der Waals surface area contributed by atoms with Crippen LogP contribution in [0.3, 0.4) is 0 Å². The lowest BCUT2D eigenvalue weighted by atomic mass is 9.77. The molecule has 1 saturated heterocycles. The molecule has 0 aromatic carbocycles. The highest BCUT2D eigenvalue weighted by Gasteiger charge is 2.35. The molecule has 1 nitrogen and oxygen atoms in total. The third-order valence-electron chi connectivity index (χ3n) is 4.01. The number of rotatable bonds is 3. The van der Waals surface area contributed by atoms with Crippen molar-refractivity contribution < 1.29 is 4.74 Å². The van der Waals surface area contributed by atoms with Crippen molar-refractivity contribution in [3.8, 4) is 0 Å². The summed E-state index contributed by atoms with van der Waals surface area (Å²) < 4.78 is 5.42. The summed E-state index contributed by atoms with van der Waals surface area (Å²) in [5, 5.41) is 1.22. The molecule has 1 saturated carbocycles. The summed E-state index contributed by atoms with van der Waals surface area (Å²) in [6.45, 7) is 2.01. The van der Waals surface area contributed by atoms with E-state index in [1.165, 1.54) is 50.3 Å². The zero-order valence-corrected chi connectivity index (χ0v) is 10.5. The van der Waals surface area contributed by atoms with Crippen molar-refractivity contribution in [1.29, 1.82) is 0 Å². The summed E-state index contributed by atoms with van der Waals surface area (Å²) in [5.41, 5.74) is 0.655. The summed E-state index contributed by atoms with van der Waals surface area (Å²) in [7, 11) is 0. The molecule has 2 aliphatic rings. The van der Waals surface area contributed by atoms with E-state index < -0.39 is 0 Å². The van der Waals surface area contributed by atoms with Gasteiger partial charge in [0.25, 0.3) is 0 Å². The molecule has 1 aliphatic heterocycles. The zero-order chi connectivity index (χ0) is 9.86. The molecule has 0 aromatic heterocycles. The Labute approximate surface area is 95.7 Å². The SMILES string of the molecule is BrCC1(CC2CCOCC2)CCCC1. The van der Waals surface area contributed by atoms with Crippen molar-refractivity contribution in [2.45, 2.75) is 44.9 Å². The van der Waals surface area contributed by atoms with Crippen molar-refractivity contribution in [2.75, 3.05) is 18.5 Å². The topological polar surface area (TPSA) is 9.23 Å². The number of hydrogen-bond donors (Lipinski definition) is 0. The van der Waals surface area contributed by atoms with Gasteiger partial charge in [-0.15, -0.1) is 0 Å². The molecule has 0 amide bonds. The van der Waals surface area contributed by atoms with Crippen LogP contribution in [0.15, 0.2) is 0 Å². The van der Waals surface area contributed by atoms with Gasteiger partial charge in [0, 0.05) is 18.5 Å². The van der Waals surface area contributed by atoms with Crippen LogP contribution in [0, 0.1) is 11.3 Å². The first kappa shape index (κ1) is 10.9. The molecule has 82 valence electrons. The molecular weight excluding hydrogens is 240 g/mol. The average Bonchev–Trinajstić information content (AvgIpc) is 2.69. The van der Waals surface area contributed by atoms with Gasteiger partial charge in [0.05, 0.1) is 0 Å². The maximum atomic E-state index is 5.42. The van der Waals surface area contributed by atoms with Crippen molar-refractivity contribution >= 4 is 15.9 Å². The van der Waals surface area contributed by atoms with E-state index in [4.69, 9.17) is 4.74 Å². The lowest BCUT2D eigenvalue weighted by Crippen LogP contribution is -2.26. The van der Waals surface area contributed by atoms with Gasteiger partial charge in [0.1, 0.15) is 0 Å². The average molecular weight is 261 g/mol. The van der Waals surface area contributed by atoms with Gasteiger partial charge in [-0.1, -0.05) is 28.8 Å². The summed E-state index contributed by atoms with van der Waals surface area (Å²) in [6, 6.07) is 0. The minimum atomic E-state index is 0.655. The van der Waals surface area contributed by atoms with Crippen LogP contribution in [0.25, 0.3) is 0 Å². The van der Waals surface area contributed by atoms with E-state index in [0.29, 0.717) is 5.41 Å². The second-order valence-electron chi connectivity index (χ2n) is 5.10. The Balaban J connectivity index is 1.86. The largest absolute Gasteiger partial charge is 0.381 e. The molecule has 0 radical (unpaired) electrons. The van der Waals surface area contributed by atoms with Gasteiger partial charge < -0.3 is 4.74 Å². The Morgan fingerprint density at radius 1 is 1.14 bits per heavy atom. The predicted molar refractivity (Wildman–Crippen MR) is 62.9 cm³/mol. The van der Waals surface area contributed by atoms with E-state index in [0.717, 1.165) is 19.1 Å². The predicted octanol–water partition coefficient (Wildman–Crippen LogP) is 3.76. The minimum absolute atomic E-state index is 0.655. The van der Waals surface area contributed by atoms with Gasteiger partial charge in [0.15, 0.2) is 0 Å². The Morgan fingerprint density at radius 3 is 2.36 bits per heavy atom. The highest BCUT2D eigenvalue weighted by molar-refractivity contribution is 9.09. The van der Waals surface area contributed by atoms with Crippen LogP contribution in [0.4, 0.5) is 0 Å². The van der Waals surface area contributed by atoms with Crippen LogP contribution >= 0.6 is 15.9 Å². The lowest BCUT2D eigenvalue weighted by Gasteiger charge is -2.33. The number of ether oxygens (including phenoxy) is 1. The lowest BCUT2D eigenvalue weighted by molar-refractivity contribution is 0.0505. The fourth-order valence-corrected chi connectivity index (χ4v) is 3.87. The fourth-order valence-electron chi connectivity index (χ4n) is 3.08. The number of alkyl halides is 1. The van der Waals surface area contributed by atoms with Gasteiger partial charge in [-0.25, -0.2) is 0 Å². The van der Waals surface area contributed by atoms with Crippen molar-refractivity contribution in [1.82, 2.24) is 0 Å². The molecule has 1 heterocycles. The van der Waals surface area contributed by atoms with Crippen LogP contribution in [0.1, 0.15) is 44.9 Å². The third kappa shape index (κ3) is 2.52. The monoisotopic (exact) mass is 260 g/mol. The molecule has 0 atom stereocenters. The van der Waals surface area contributed by atoms with E-state index in [1.807, 2.05) is 0 Å². The minimum Gasteiger partial charge on any atom is -0.381 e. The first-order valence-electron chi connectivity index (χ1n) is 5.98. The smallest absolute Gasteiger partial charge is 0.0468 e. The Kier molecular flexibility index (Phi) is 3.89. The molecule has 14 heavy (non-hydrogen) atoms. The molecule has 0 aromatic rings. The van der Waals surface area contributed by atoms with Crippen molar-refractivity contribution in [3.05, 3.63) is 0 Å². The Hall–Kier alpha value is 0.440. The van der Waals surface area contributed by atoms with Gasteiger partial charge >= 0.3 is 0 Å². The maximum Gasteiger partial charge on any atom is 0.0468 e. The second-order valence-corrected chi connectivity index (χ2v) is 5.66. The molecule has 0 bridgehead atoms. The van der Waals surface area contributed by atoms with E-state index in [9.17, 15) is 0 Å². The number of hydrogen-bond acceptors (Lipinski definition) is 1. The van der Waals surface area contributed by atoms with Gasteiger partial charge in [0.2, 0.25) is 0 Å². The van der Waals surface area contributed by atoms with E-state index >= 15 is 0 Å². The van der Waals surface area contributed by atoms with Crippen molar-refractivity contribution in [2.24, 2.45) is 11.3 Å².